The van der Waals surface area contributed by atoms with Gasteiger partial charge in [-0.2, -0.15) is 0 Å². The van der Waals surface area contributed by atoms with Crippen LogP contribution in [-0.4, -0.2) is 27.0 Å². The Labute approximate surface area is 207 Å². The van der Waals surface area contributed by atoms with Crippen molar-refractivity contribution in [3.8, 4) is 5.75 Å². The number of methoxy groups -OCH3 is 1. The van der Waals surface area contributed by atoms with Crippen LogP contribution in [0.25, 0.3) is 16.7 Å². The summed E-state index contributed by atoms with van der Waals surface area (Å²) in [5, 5.41) is 12.1. The fraction of sp³-hybridized carbons (Fsp3) is 0.143. The minimum Gasteiger partial charge on any atom is -0.497 e. The lowest BCUT2D eigenvalue weighted by Gasteiger charge is -2.15. The van der Waals surface area contributed by atoms with E-state index in [1.807, 2.05) is 55.5 Å². The highest BCUT2D eigenvalue weighted by atomic mass is 16.5. The van der Waals surface area contributed by atoms with Gasteiger partial charge in [0.2, 0.25) is 0 Å². The number of nitrogens with zero attached hydrogens (tertiary/aromatic N) is 3. The SMILES string of the molecule is COc1ccc(Cn2c(=N)c(C(=O)NCc3ccc(C)cc3)cc3c(=O)n4ccccc4nc32)cc1. The molecule has 2 N–H and O–H groups in total. The third-order valence-electron chi connectivity index (χ3n) is 6.14. The van der Waals surface area contributed by atoms with Gasteiger partial charge >= 0.3 is 0 Å². The topological polar surface area (TPSA) is 101 Å². The molecule has 2 aromatic carbocycles. The Bertz CT molecular complexity index is 1700. The molecule has 36 heavy (non-hydrogen) atoms. The van der Waals surface area contributed by atoms with E-state index in [-0.39, 0.29) is 28.5 Å². The van der Waals surface area contributed by atoms with Crippen LogP contribution >= 0.6 is 0 Å². The molecule has 0 atom stereocenters. The number of aryl methyl sites for hydroxylation is 1. The lowest BCUT2D eigenvalue weighted by Crippen LogP contribution is -2.35. The minimum atomic E-state index is -0.427. The molecule has 0 fully saturated rings. The highest BCUT2D eigenvalue weighted by Gasteiger charge is 2.18. The van der Waals surface area contributed by atoms with Crippen LogP contribution in [0.15, 0.2) is 83.8 Å². The maximum absolute atomic E-state index is 13.4. The van der Waals surface area contributed by atoms with Crippen LogP contribution in [0.2, 0.25) is 0 Å². The van der Waals surface area contributed by atoms with Gasteiger partial charge in [-0.3, -0.25) is 19.4 Å². The molecule has 180 valence electrons. The Balaban J connectivity index is 1.63. The molecule has 0 spiro atoms. The summed E-state index contributed by atoms with van der Waals surface area (Å²) in [4.78, 5) is 31.3. The molecular weight excluding hydrogens is 454 g/mol. The van der Waals surface area contributed by atoms with Crippen molar-refractivity contribution < 1.29 is 9.53 Å². The number of nitrogens with one attached hydrogen (secondary N) is 2. The number of benzene rings is 2. The van der Waals surface area contributed by atoms with Gasteiger partial charge in [-0.15, -0.1) is 0 Å². The van der Waals surface area contributed by atoms with Crippen molar-refractivity contribution in [2.24, 2.45) is 0 Å². The molecule has 3 heterocycles. The molecule has 8 nitrogen and oxygen atoms in total. The van der Waals surface area contributed by atoms with E-state index in [0.717, 1.165) is 16.7 Å². The predicted octanol–water partition coefficient (Wildman–Crippen LogP) is 3.42. The lowest BCUT2D eigenvalue weighted by molar-refractivity contribution is 0.0948. The molecule has 0 radical (unpaired) electrons. The Morgan fingerprint density at radius 1 is 1.03 bits per heavy atom. The van der Waals surface area contributed by atoms with Crippen LogP contribution in [0.1, 0.15) is 27.0 Å². The molecule has 0 bridgehead atoms. The van der Waals surface area contributed by atoms with Crippen LogP contribution in [-0.2, 0) is 13.1 Å². The summed E-state index contributed by atoms with van der Waals surface area (Å²) in [5.41, 5.74) is 3.56. The summed E-state index contributed by atoms with van der Waals surface area (Å²) in [7, 11) is 1.60. The first-order chi connectivity index (χ1) is 17.4. The van der Waals surface area contributed by atoms with E-state index in [2.05, 4.69) is 10.3 Å². The van der Waals surface area contributed by atoms with Crippen molar-refractivity contribution >= 4 is 22.6 Å². The van der Waals surface area contributed by atoms with Crippen LogP contribution < -0.4 is 21.1 Å². The summed E-state index contributed by atoms with van der Waals surface area (Å²) < 4.78 is 8.29. The molecule has 5 aromatic rings. The number of rotatable bonds is 6. The van der Waals surface area contributed by atoms with Crippen molar-refractivity contribution in [1.82, 2.24) is 19.3 Å². The summed E-state index contributed by atoms with van der Waals surface area (Å²) >= 11 is 0. The van der Waals surface area contributed by atoms with Gasteiger partial charge in [-0.05, 0) is 48.4 Å². The summed E-state index contributed by atoms with van der Waals surface area (Å²) in [5.74, 6) is 0.287. The maximum Gasteiger partial charge on any atom is 0.267 e. The molecule has 0 aliphatic heterocycles. The molecular formula is C28H25N5O3. The largest absolute Gasteiger partial charge is 0.497 e. The number of hydrogen-bond acceptors (Lipinski definition) is 5. The van der Waals surface area contributed by atoms with E-state index < -0.39 is 5.91 Å². The van der Waals surface area contributed by atoms with Crippen LogP contribution in [0.3, 0.4) is 0 Å². The smallest absolute Gasteiger partial charge is 0.267 e. The van der Waals surface area contributed by atoms with Gasteiger partial charge in [-0.25, -0.2) is 4.98 Å². The Morgan fingerprint density at radius 2 is 1.75 bits per heavy atom. The van der Waals surface area contributed by atoms with Gasteiger partial charge in [0.1, 0.15) is 22.5 Å². The third-order valence-corrected chi connectivity index (χ3v) is 6.14. The summed E-state index contributed by atoms with van der Waals surface area (Å²) in [6.07, 6.45) is 1.64. The number of aromatic nitrogens is 3. The van der Waals surface area contributed by atoms with Crippen molar-refractivity contribution in [2.75, 3.05) is 7.11 Å². The Hall–Kier alpha value is -4.72. The number of ether oxygens (including phenoxy) is 1. The second-order valence-electron chi connectivity index (χ2n) is 8.59. The van der Waals surface area contributed by atoms with Gasteiger partial charge in [0, 0.05) is 12.7 Å². The second kappa shape index (κ2) is 9.50. The number of fused-ring (bicyclic) bond motifs is 2. The molecule has 1 amide bonds. The second-order valence-corrected chi connectivity index (χ2v) is 8.59. The highest BCUT2D eigenvalue weighted by molar-refractivity contribution is 5.96. The first-order valence-electron chi connectivity index (χ1n) is 11.5. The zero-order valence-corrected chi connectivity index (χ0v) is 20.0. The maximum atomic E-state index is 13.4. The minimum absolute atomic E-state index is 0.0214. The van der Waals surface area contributed by atoms with Crippen molar-refractivity contribution in [3.05, 3.63) is 117 Å². The summed E-state index contributed by atoms with van der Waals surface area (Å²) in [6, 6.07) is 22.1. The Morgan fingerprint density at radius 3 is 2.47 bits per heavy atom. The van der Waals surface area contributed by atoms with Gasteiger partial charge in [0.05, 0.1) is 24.6 Å². The zero-order valence-electron chi connectivity index (χ0n) is 20.0. The van der Waals surface area contributed by atoms with Gasteiger partial charge in [0.25, 0.3) is 11.5 Å². The number of hydrogen-bond donors (Lipinski definition) is 2. The van der Waals surface area contributed by atoms with E-state index in [1.54, 1.807) is 36.1 Å². The highest BCUT2D eigenvalue weighted by Crippen LogP contribution is 2.15. The molecule has 0 aliphatic rings. The first kappa shape index (κ1) is 23.0. The summed E-state index contributed by atoms with van der Waals surface area (Å²) in [6.45, 7) is 2.57. The van der Waals surface area contributed by atoms with E-state index in [9.17, 15) is 9.59 Å². The zero-order chi connectivity index (χ0) is 25.2. The monoisotopic (exact) mass is 479 g/mol. The number of pyridine rings is 2. The molecule has 8 heteroatoms. The van der Waals surface area contributed by atoms with E-state index in [4.69, 9.17) is 10.1 Å². The standard InChI is InChI=1S/C28H25N5O3/c1-18-6-8-19(9-7-18)16-30-27(34)22-15-23-26(31-24-5-3-4-14-32(24)28(23)35)33(25(22)29)17-20-10-12-21(36-2)13-11-20/h3-15,29H,16-17H2,1-2H3,(H,30,34). The average Bonchev–Trinajstić information content (AvgIpc) is 2.90. The third kappa shape index (κ3) is 4.36. The van der Waals surface area contributed by atoms with Crippen molar-refractivity contribution in [2.45, 2.75) is 20.0 Å². The molecule has 3 aromatic heterocycles. The van der Waals surface area contributed by atoms with E-state index in [1.165, 1.54) is 10.5 Å². The normalized spacial score (nSPS) is 11.1. The van der Waals surface area contributed by atoms with Crippen LogP contribution in [0.4, 0.5) is 0 Å². The van der Waals surface area contributed by atoms with E-state index >= 15 is 0 Å². The average molecular weight is 480 g/mol. The molecule has 0 saturated heterocycles. The number of amides is 1. The lowest BCUT2D eigenvalue weighted by atomic mass is 10.1. The van der Waals surface area contributed by atoms with Crippen LogP contribution in [0, 0.1) is 12.3 Å². The van der Waals surface area contributed by atoms with Gasteiger partial charge in [0.15, 0.2) is 0 Å². The molecule has 0 unspecified atom stereocenters. The fourth-order valence-electron chi connectivity index (χ4n) is 4.11. The molecule has 0 saturated carbocycles. The van der Waals surface area contributed by atoms with Crippen LogP contribution in [0.5, 0.6) is 5.75 Å². The van der Waals surface area contributed by atoms with Gasteiger partial charge < -0.3 is 14.6 Å². The molecule has 0 aliphatic carbocycles. The van der Waals surface area contributed by atoms with Crippen molar-refractivity contribution in [1.29, 1.82) is 5.41 Å². The number of carbonyl (C=O) groups excluding carboxylic acids is 1. The van der Waals surface area contributed by atoms with Crippen molar-refractivity contribution in [3.63, 3.8) is 0 Å². The quantitative estimate of drug-likeness (QED) is 0.364. The predicted molar refractivity (Wildman–Crippen MR) is 137 cm³/mol. The van der Waals surface area contributed by atoms with E-state index in [0.29, 0.717) is 23.6 Å². The van der Waals surface area contributed by atoms with Gasteiger partial charge in [-0.1, -0.05) is 48.0 Å². The number of carbonyl (C=O) groups is 1. The fourth-order valence-corrected chi connectivity index (χ4v) is 4.11. The Kier molecular flexibility index (Phi) is 6.08. The molecule has 5 rings (SSSR count). The first-order valence-corrected chi connectivity index (χ1v) is 11.5.